The van der Waals surface area contributed by atoms with Crippen LogP contribution in [-0.4, -0.2) is 44.7 Å². The number of amides is 1. The molecule has 21 heavy (non-hydrogen) atoms. The Balaban J connectivity index is 2.07. The van der Waals surface area contributed by atoms with Gasteiger partial charge in [-0.05, 0) is 43.6 Å². The molecule has 0 atom stereocenters. The van der Waals surface area contributed by atoms with Crippen LogP contribution in [0.3, 0.4) is 0 Å². The Hall–Kier alpha value is -1.46. The first-order valence-corrected chi connectivity index (χ1v) is 7.27. The van der Waals surface area contributed by atoms with Crippen molar-refractivity contribution in [1.29, 1.82) is 0 Å². The molecule has 116 valence electrons. The van der Waals surface area contributed by atoms with Crippen LogP contribution in [0.2, 0.25) is 0 Å². The highest BCUT2D eigenvalue weighted by Gasteiger charge is 2.41. The summed E-state index contributed by atoms with van der Waals surface area (Å²) < 4.78 is 18.2. The number of carbonyl (C=O) groups excluding carboxylic acids is 1. The van der Waals surface area contributed by atoms with Crippen LogP contribution in [0, 0.1) is 11.2 Å². The van der Waals surface area contributed by atoms with Crippen LogP contribution in [-0.2, 0) is 16.1 Å². The second kappa shape index (κ2) is 7.00. The SMILES string of the molecule is COCC1(C(=O)N(C)Cc2ccc(F)cc2)CCNCC1. The molecule has 1 aromatic rings. The molecule has 1 aromatic carbocycles. The van der Waals surface area contributed by atoms with E-state index in [0.29, 0.717) is 13.2 Å². The van der Waals surface area contributed by atoms with Gasteiger partial charge in [0.1, 0.15) is 5.82 Å². The van der Waals surface area contributed by atoms with Crippen LogP contribution in [0.25, 0.3) is 0 Å². The number of piperidine rings is 1. The van der Waals surface area contributed by atoms with Crippen molar-refractivity contribution < 1.29 is 13.9 Å². The summed E-state index contributed by atoms with van der Waals surface area (Å²) in [6, 6.07) is 6.27. The maximum Gasteiger partial charge on any atom is 0.231 e. The summed E-state index contributed by atoms with van der Waals surface area (Å²) in [5, 5.41) is 3.28. The molecule has 5 heteroatoms. The van der Waals surface area contributed by atoms with Crippen molar-refractivity contribution in [2.45, 2.75) is 19.4 Å². The number of rotatable bonds is 5. The Morgan fingerprint density at radius 1 is 1.33 bits per heavy atom. The number of ether oxygens (including phenoxy) is 1. The standard InChI is InChI=1S/C16H23FN2O2/c1-19(11-13-3-5-14(17)6-4-13)15(20)16(12-21-2)7-9-18-10-8-16/h3-6,18H,7-12H2,1-2H3. The zero-order valence-electron chi connectivity index (χ0n) is 12.7. The molecule has 1 aliphatic rings. The van der Waals surface area contributed by atoms with Gasteiger partial charge in [-0.1, -0.05) is 12.1 Å². The Kier molecular flexibility index (Phi) is 5.31. The summed E-state index contributed by atoms with van der Waals surface area (Å²) in [4.78, 5) is 14.5. The van der Waals surface area contributed by atoms with E-state index in [4.69, 9.17) is 4.74 Å². The number of hydrogen-bond acceptors (Lipinski definition) is 3. The first-order chi connectivity index (χ1) is 10.1. The van der Waals surface area contributed by atoms with E-state index in [-0.39, 0.29) is 11.7 Å². The Morgan fingerprint density at radius 3 is 2.52 bits per heavy atom. The third-order valence-corrected chi connectivity index (χ3v) is 4.11. The van der Waals surface area contributed by atoms with Gasteiger partial charge in [-0.15, -0.1) is 0 Å². The lowest BCUT2D eigenvalue weighted by Gasteiger charge is -2.38. The maximum atomic E-state index is 12.9. The summed E-state index contributed by atoms with van der Waals surface area (Å²) in [6.07, 6.45) is 1.57. The normalized spacial score (nSPS) is 17.5. The van der Waals surface area contributed by atoms with Gasteiger partial charge in [-0.2, -0.15) is 0 Å². The number of methoxy groups -OCH3 is 1. The van der Waals surface area contributed by atoms with Crippen molar-refractivity contribution in [3.8, 4) is 0 Å². The molecule has 1 saturated heterocycles. The molecule has 0 spiro atoms. The van der Waals surface area contributed by atoms with Gasteiger partial charge in [0.2, 0.25) is 5.91 Å². The van der Waals surface area contributed by atoms with Crippen molar-refractivity contribution in [1.82, 2.24) is 10.2 Å². The molecule has 1 amide bonds. The summed E-state index contributed by atoms with van der Waals surface area (Å²) in [5.41, 5.74) is 0.489. The monoisotopic (exact) mass is 294 g/mol. The molecule has 4 nitrogen and oxygen atoms in total. The van der Waals surface area contributed by atoms with Crippen molar-refractivity contribution in [3.63, 3.8) is 0 Å². The van der Waals surface area contributed by atoms with Gasteiger partial charge in [-0.25, -0.2) is 4.39 Å². The number of nitrogens with zero attached hydrogens (tertiary/aromatic N) is 1. The van der Waals surface area contributed by atoms with Crippen LogP contribution < -0.4 is 5.32 Å². The predicted molar refractivity (Wildman–Crippen MR) is 79.3 cm³/mol. The average Bonchev–Trinajstić information content (AvgIpc) is 2.50. The molecular formula is C16H23FN2O2. The van der Waals surface area contributed by atoms with Crippen molar-refractivity contribution >= 4 is 5.91 Å². The molecule has 1 fully saturated rings. The smallest absolute Gasteiger partial charge is 0.231 e. The molecule has 0 unspecified atom stereocenters. The van der Waals surface area contributed by atoms with Gasteiger partial charge in [0.15, 0.2) is 0 Å². The zero-order valence-corrected chi connectivity index (χ0v) is 12.7. The number of nitrogens with one attached hydrogen (secondary N) is 1. The van der Waals surface area contributed by atoms with Crippen molar-refractivity contribution in [2.75, 3.05) is 33.9 Å². The molecule has 0 saturated carbocycles. The first-order valence-electron chi connectivity index (χ1n) is 7.27. The van der Waals surface area contributed by atoms with Crippen molar-refractivity contribution in [3.05, 3.63) is 35.6 Å². The zero-order chi connectivity index (χ0) is 15.3. The lowest BCUT2D eigenvalue weighted by Crippen LogP contribution is -2.50. The van der Waals surface area contributed by atoms with Crippen molar-refractivity contribution in [2.24, 2.45) is 5.41 Å². The molecule has 0 aliphatic carbocycles. The Morgan fingerprint density at radius 2 is 1.95 bits per heavy atom. The molecular weight excluding hydrogens is 271 g/mol. The highest BCUT2D eigenvalue weighted by Crippen LogP contribution is 2.31. The van der Waals surface area contributed by atoms with Gasteiger partial charge in [-0.3, -0.25) is 4.79 Å². The van der Waals surface area contributed by atoms with Gasteiger partial charge in [0, 0.05) is 20.7 Å². The molecule has 1 N–H and O–H groups in total. The lowest BCUT2D eigenvalue weighted by atomic mass is 9.78. The van der Waals surface area contributed by atoms with E-state index in [0.717, 1.165) is 31.5 Å². The van der Waals surface area contributed by atoms with E-state index < -0.39 is 5.41 Å². The highest BCUT2D eigenvalue weighted by molar-refractivity contribution is 5.82. The van der Waals surface area contributed by atoms with Crippen LogP contribution in [0.1, 0.15) is 18.4 Å². The van der Waals surface area contributed by atoms with E-state index in [2.05, 4.69) is 5.32 Å². The van der Waals surface area contributed by atoms with Crippen LogP contribution in [0.4, 0.5) is 4.39 Å². The highest BCUT2D eigenvalue weighted by atomic mass is 19.1. The molecule has 0 aromatic heterocycles. The largest absolute Gasteiger partial charge is 0.384 e. The Bertz CT molecular complexity index is 464. The molecule has 0 bridgehead atoms. The molecule has 1 aliphatic heterocycles. The van der Waals surface area contributed by atoms with Crippen LogP contribution in [0.15, 0.2) is 24.3 Å². The maximum absolute atomic E-state index is 12.9. The van der Waals surface area contributed by atoms with E-state index in [1.54, 1.807) is 31.2 Å². The minimum atomic E-state index is -0.436. The summed E-state index contributed by atoms with van der Waals surface area (Å²) in [5.74, 6) is -0.155. The second-order valence-corrected chi connectivity index (χ2v) is 5.75. The summed E-state index contributed by atoms with van der Waals surface area (Å²) in [6.45, 7) is 2.60. The quantitative estimate of drug-likeness (QED) is 0.900. The number of benzene rings is 1. The molecule has 2 rings (SSSR count). The van der Waals surface area contributed by atoms with E-state index in [1.165, 1.54) is 12.1 Å². The average molecular weight is 294 g/mol. The predicted octanol–water partition coefficient (Wildman–Crippen LogP) is 1.80. The van der Waals surface area contributed by atoms with Crippen LogP contribution in [0.5, 0.6) is 0 Å². The topological polar surface area (TPSA) is 41.6 Å². The fourth-order valence-corrected chi connectivity index (χ4v) is 2.94. The fraction of sp³-hybridized carbons (Fsp3) is 0.562. The number of hydrogen-bond donors (Lipinski definition) is 1. The Labute approximate surface area is 125 Å². The second-order valence-electron chi connectivity index (χ2n) is 5.75. The van der Waals surface area contributed by atoms with E-state index >= 15 is 0 Å². The van der Waals surface area contributed by atoms with Gasteiger partial charge < -0.3 is 15.0 Å². The minimum absolute atomic E-state index is 0.107. The summed E-state index contributed by atoms with van der Waals surface area (Å²) >= 11 is 0. The van der Waals surface area contributed by atoms with Gasteiger partial charge in [0.25, 0.3) is 0 Å². The number of halogens is 1. The first kappa shape index (κ1) is 15.9. The third-order valence-electron chi connectivity index (χ3n) is 4.11. The van der Waals surface area contributed by atoms with E-state index in [1.807, 2.05) is 0 Å². The van der Waals surface area contributed by atoms with Gasteiger partial charge in [0.05, 0.1) is 12.0 Å². The minimum Gasteiger partial charge on any atom is -0.384 e. The van der Waals surface area contributed by atoms with E-state index in [9.17, 15) is 9.18 Å². The third kappa shape index (κ3) is 3.80. The fourth-order valence-electron chi connectivity index (χ4n) is 2.94. The molecule has 0 radical (unpaired) electrons. The van der Waals surface area contributed by atoms with Crippen LogP contribution >= 0.6 is 0 Å². The van der Waals surface area contributed by atoms with Gasteiger partial charge >= 0.3 is 0 Å². The molecule has 1 heterocycles. The number of carbonyl (C=O) groups is 1. The lowest BCUT2D eigenvalue weighted by molar-refractivity contribution is -0.146. The summed E-state index contributed by atoms with van der Waals surface area (Å²) in [7, 11) is 3.43.